The molecule has 0 N–H and O–H groups in total. The summed E-state index contributed by atoms with van der Waals surface area (Å²) >= 11 is 0. The molecule has 0 unspecified atom stereocenters. The van der Waals surface area contributed by atoms with Gasteiger partial charge in [-0.2, -0.15) is 5.26 Å². The molecule has 0 spiro atoms. The SMILES string of the molecule is C.C[Si](C)(C)C.N#CC1=CCCc2cc(S(=O)(=O)c3ccccc3)ccc21.O=C1CCCc2cc(S(=O)(=O)c3ccccc3)ccc21. The van der Waals surface area contributed by atoms with E-state index >= 15 is 0 Å². The number of ketones is 1. The normalized spacial score (nSPS) is 13.9. The lowest BCUT2D eigenvalue weighted by Crippen LogP contribution is -2.12. The number of sulfone groups is 2. The molecule has 0 radical (unpaired) electrons. The number of benzene rings is 4. The van der Waals surface area contributed by atoms with Gasteiger partial charge in [0.25, 0.3) is 0 Å². The Labute approximate surface area is 281 Å². The van der Waals surface area contributed by atoms with Crippen molar-refractivity contribution in [1.29, 1.82) is 5.26 Å². The average molecular weight is 686 g/mol. The monoisotopic (exact) mass is 685 g/mol. The molecule has 47 heavy (non-hydrogen) atoms. The van der Waals surface area contributed by atoms with Crippen LogP contribution in [0, 0.1) is 11.3 Å². The van der Waals surface area contributed by atoms with Crippen LogP contribution in [0.15, 0.2) is 123 Å². The minimum absolute atomic E-state index is 0. The Kier molecular flexibility index (Phi) is 12.4. The molecular formula is C38H43NO5S2Si. The highest BCUT2D eigenvalue weighted by atomic mass is 32.2. The first-order valence-corrected chi connectivity index (χ1v) is 22.2. The number of hydrogen-bond donors (Lipinski definition) is 0. The number of aryl methyl sites for hydroxylation is 2. The summed E-state index contributed by atoms with van der Waals surface area (Å²) in [6, 6.07) is 28.7. The predicted octanol–water partition coefficient (Wildman–Crippen LogP) is 9.00. The number of rotatable bonds is 4. The second kappa shape index (κ2) is 15.7. The van der Waals surface area contributed by atoms with Crippen LogP contribution < -0.4 is 0 Å². The van der Waals surface area contributed by atoms with E-state index in [0.29, 0.717) is 17.6 Å². The average Bonchev–Trinajstić information content (AvgIpc) is 3.04. The molecule has 246 valence electrons. The molecule has 0 atom stereocenters. The van der Waals surface area contributed by atoms with E-state index in [0.717, 1.165) is 42.4 Å². The first-order chi connectivity index (χ1) is 21.7. The molecule has 0 heterocycles. The van der Waals surface area contributed by atoms with Crippen LogP contribution in [-0.2, 0) is 32.5 Å². The quantitative estimate of drug-likeness (QED) is 0.198. The third-order valence-electron chi connectivity index (χ3n) is 7.20. The molecule has 4 aromatic carbocycles. The van der Waals surface area contributed by atoms with Crippen LogP contribution in [0.25, 0.3) is 5.57 Å². The van der Waals surface area contributed by atoms with Crippen LogP contribution >= 0.6 is 0 Å². The summed E-state index contributed by atoms with van der Waals surface area (Å²) in [6.45, 7) is 9.31. The van der Waals surface area contributed by atoms with Gasteiger partial charge in [0.05, 0.1) is 31.2 Å². The Morgan fingerprint density at radius 2 is 1.06 bits per heavy atom. The molecule has 6 nitrogen and oxygen atoms in total. The van der Waals surface area contributed by atoms with E-state index in [1.807, 2.05) is 6.08 Å². The number of nitriles is 1. The van der Waals surface area contributed by atoms with E-state index < -0.39 is 27.7 Å². The third kappa shape index (κ3) is 9.47. The molecule has 9 heteroatoms. The van der Waals surface area contributed by atoms with E-state index in [9.17, 15) is 21.6 Å². The lowest BCUT2D eigenvalue weighted by molar-refractivity contribution is 0.0972. The fourth-order valence-corrected chi connectivity index (χ4v) is 7.72. The highest BCUT2D eigenvalue weighted by Crippen LogP contribution is 2.30. The lowest BCUT2D eigenvalue weighted by atomic mass is 9.91. The summed E-state index contributed by atoms with van der Waals surface area (Å²) in [6.07, 6.45) is 5.54. The van der Waals surface area contributed by atoms with Crippen molar-refractivity contribution in [2.45, 2.75) is 85.3 Å². The van der Waals surface area contributed by atoms with Crippen LogP contribution in [-0.4, -0.2) is 30.7 Å². The zero-order valence-corrected chi connectivity index (χ0v) is 29.3. The minimum Gasteiger partial charge on any atom is -0.294 e. The smallest absolute Gasteiger partial charge is 0.206 e. The second-order valence-electron chi connectivity index (χ2n) is 12.8. The second-order valence-corrected chi connectivity index (χ2v) is 22.7. The number of carbonyl (C=O) groups excluding carboxylic acids is 1. The molecule has 0 saturated heterocycles. The number of Topliss-reactive ketones (excluding diaryl/α,β-unsaturated/α-hetero) is 1. The summed E-state index contributed by atoms with van der Waals surface area (Å²) in [4.78, 5) is 12.9. The van der Waals surface area contributed by atoms with E-state index in [-0.39, 0.29) is 32.8 Å². The molecule has 0 saturated carbocycles. The Morgan fingerprint density at radius 1 is 0.617 bits per heavy atom. The molecule has 0 fully saturated rings. The molecule has 0 aromatic heterocycles. The standard InChI is InChI=1S/C17H13NO2S.C16H14O3S.C4H12Si.CH4/c18-12-14-6-4-5-13-11-16(9-10-17(13)14)21(19,20)15-7-2-1-3-8-15;17-16-8-4-5-12-11-14(9-10-15(12)16)20(18,19)13-6-2-1-3-7-13;1-5(2,3)4;/h1-3,6-11H,4-5H2;1-3,6-7,9-11H,4-5,8H2;1-4H3;1H4. The number of fused-ring (bicyclic) bond motifs is 2. The zero-order valence-electron chi connectivity index (χ0n) is 26.7. The largest absolute Gasteiger partial charge is 0.294 e. The zero-order chi connectivity index (χ0) is 33.5. The number of nitrogens with zero attached hydrogens (tertiary/aromatic N) is 1. The van der Waals surface area contributed by atoms with E-state index in [1.165, 1.54) is 6.07 Å². The van der Waals surface area contributed by atoms with Gasteiger partial charge < -0.3 is 0 Å². The van der Waals surface area contributed by atoms with E-state index in [4.69, 9.17) is 5.26 Å². The molecule has 2 aliphatic rings. The van der Waals surface area contributed by atoms with Gasteiger partial charge in [-0.25, -0.2) is 16.8 Å². The van der Waals surface area contributed by atoms with Crippen LogP contribution in [0.5, 0.6) is 0 Å². The Morgan fingerprint density at radius 3 is 1.53 bits per heavy atom. The van der Waals surface area contributed by atoms with Crippen molar-refractivity contribution in [2.75, 3.05) is 0 Å². The molecule has 0 amide bonds. The molecule has 0 bridgehead atoms. The van der Waals surface area contributed by atoms with Gasteiger partial charge in [0.1, 0.15) is 0 Å². The molecule has 0 aliphatic heterocycles. The predicted molar refractivity (Wildman–Crippen MR) is 192 cm³/mol. The van der Waals surface area contributed by atoms with Crippen molar-refractivity contribution in [2.24, 2.45) is 0 Å². The fraction of sp³-hybridized carbons (Fsp3) is 0.263. The Hall–Kier alpha value is -4.10. The molecule has 4 aromatic rings. The summed E-state index contributed by atoms with van der Waals surface area (Å²) in [7, 11) is -7.61. The number of carbonyl (C=O) groups is 1. The lowest BCUT2D eigenvalue weighted by Gasteiger charge is -2.15. The van der Waals surface area contributed by atoms with Crippen molar-refractivity contribution < 1.29 is 21.6 Å². The van der Waals surface area contributed by atoms with Crippen LogP contribution in [0.1, 0.15) is 53.7 Å². The molecule has 6 rings (SSSR count). The van der Waals surface area contributed by atoms with E-state index in [1.54, 1.807) is 91.0 Å². The maximum Gasteiger partial charge on any atom is 0.206 e. The van der Waals surface area contributed by atoms with Gasteiger partial charge in [0.2, 0.25) is 19.7 Å². The Balaban J connectivity index is 0.000000220. The summed E-state index contributed by atoms with van der Waals surface area (Å²) < 4.78 is 50.2. The summed E-state index contributed by atoms with van der Waals surface area (Å²) in [5.41, 5.74) is 3.91. The van der Waals surface area contributed by atoms with Gasteiger partial charge in [-0.15, -0.1) is 0 Å². The van der Waals surface area contributed by atoms with Crippen molar-refractivity contribution in [3.05, 3.63) is 125 Å². The van der Waals surface area contributed by atoms with Crippen molar-refractivity contribution in [3.63, 3.8) is 0 Å². The summed E-state index contributed by atoms with van der Waals surface area (Å²) in [5, 5.41) is 9.11. The third-order valence-corrected chi connectivity index (χ3v) is 10.7. The van der Waals surface area contributed by atoms with Crippen LogP contribution in [0.4, 0.5) is 0 Å². The fourth-order valence-electron chi connectivity index (χ4n) is 5.06. The Bertz CT molecular complexity index is 2000. The first kappa shape index (κ1) is 37.4. The van der Waals surface area contributed by atoms with Crippen molar-refractivity contribution >= 4 is 39.1 Å². The minimum atomic E-state index is -3.50. The van der Waals surface area contributed by atoms with Crippen molar-refractivity contribution in [3.8, 4) is 6.07 Å². The first-order valence-electron chi connectivity index (χ1n) is 15.2. The highest BCUT2D eigenvalue weighted by molar-refractivity contribution is 7.91. The van der Waals surface area contributed by atoms with Crippen molar-refractivity contribution in [1.82, 2.24) is 0 Å². The number of hydrogen-bond acceptors (Lipinski definition) is 6. The maximum atomic E-state index is 12.6. The molecular weight excluding hydrogens is 643 g/mol. The highest BCUT2D eigenvalue weighted by Gasteiger charge is 2.23. The van der Waals surface area contributed by atoms with Gasteiger partial charge in [-0.3, -0.25) is 4.79 Å². The molecule has 2 aliphatic carbocycles. The van der Waals surface area contributed by atoms with Crippen LogP contribution in [0.3, 0.4) is 0 Å². The number of allylic oxidation sites excluding steroid dienone is 2. The van der Waals surface area contributed by atoms with Gasteiger partial charge in [0.15, 0.2) is 5.78 Å². The van der Waals surface area contributed by atoms with Gasteiger partial charge in [-0.05, 0) is 97.0 Å². The topological polar surface area (TPSA) is 109 Å². The maximum absolute atomic E-state index is 12.6. The van der Waals surface area contributed by atoms with E-state index in [2.05, 4.69) is 32.3 Å². The van der Waals surface area contributed by atoms with Gasteiger partial charge in [0, 0.05) is 20.1 Å². The van der Waals surface area contributed by atoms with Gasteiger partial charge >= 0.3 is 0 Å². The van der Waals surface area contributed by atoms with Gasteiger partial charge in [-0.1, -0.05) is 82.2 Å². The summed E-state index contributed by atoms with van der Waals surface area (Å²) in [5.74, 6) is 0.106. The van der Waals surface area contributed by atoms with Crippen LogP contribution in [0.2, 0.25) is 26.2 Å².